The first-order chi connectivity index (χ1) is 8.19. The zero-order chi connectivity index (χ0) is 12.7. The maximum Gasteiger partial charge on any atom is 0.101 e. The molecule has 1 aromatic carbocycles. The second kappa shape index (κ2) is 6.93. The normalized spacial score (nSPS) is 10.3. The first-order valence-electron chi connectivity index (χ1n) is 6.07. The van der Waals surface area contributed by atoms with E-state index in [1.54, 1.807) is 0 Å². The van der Waals surface area contributed by atoms with Crippen molar-refractivity contribution in [3.63, 3.8) is 0 Å². The molecule has 1 rings (SSSR count). The summed E-state index contributed by atoms with van der Waals surface area (Å²) in [6.07, 6.45) is 1.09. The Kier molecular flexibility index (Phi) is 5.51. The van der Waals surface area contributed by atoms with Crippen molar-refractivity contribution in [2.45, 2.75) is 13.3 Å². The molecule has 0 aromatic heterocycles. The quantitative estimate of drug-likeness (QED) is 0.753. The Balaban J connectivity index is 2.85. The van der Waals surface area contributed by atoms with Crippen molar-refractivity contribution in [2.24, 2.45) is 0 Å². The number of rotatable bonds is 6. The SMILES string of the molecule is CCCN(CCN(C)C)c1ccccc1C#N. The molecule has 0 atom stereocenters. The Hall–Kier alpha value is -1.53. The number of para-hydroxylation sites is 1. The maximum absolute atomic E-state index is 9.13. The molecule has 1 aromatic rings. The van der Waals surface area contributed by atoms with Crippen LogP contribution in [-0.2, 0) is 0 Å². The first-order valence-corrected chi connectivity index (χ1v) is 6.07. The van der Waals surface area contributed by atoms with E-state index in [2.05, 4.69) is 36.9 Å². The van der Waals surface area contributed by atoms with Gasteiger partial charge in [0.2, 0.25) is 0 Å². The van der Waals surface area contributed by atoms with Gasteiger partial charge in [0.1, 0.15) is 6.07 Å². The van der Waals surface area contributed by atoms with Crippen molar-refractivity contribution in [1.29, 1.82) is 5.26 Å². The van der Waals surface area contributed by atoms with E-state index < -0.39 is 0 Å². The van der Waals surface area contributed by atoms with Gasteiger partial charge in [-0.15, -0.1) is 0 Å². The van der Waals surface area contributed by atoms with Crippen LogP contribution >= 0.6 is 0 Å². The number of hydrogen-bond donors (Lipinski definition) is 0. The predicted octanol–water partition coefficient (Wildman–Crippen LogP) is 2.34. The average molecular weight is 231 g/mol. The summed E-state index contributed by atoms with van der Waals surface area (Å²) in [5, 5.41) is 9.13. The Morgan fingerprint density at radius 2 is 1.82 bits per heavy atom. The minimum absolute atomic E-state index is 0.764. The standard InChI is InChI=1S/C14H21N3/c1-4-9-17(11-10-16(2)3)14-8-6-5-7-13(14)12-15/h5-8H,4,9-11H2,1-3H3. The van der Waals surface area contributed by atoms with Gasteiger partial charge < -0.3 is 9.80 Å². The van der Waals surface area contributed by atoms with E-state index in [-0.39, 0.29) is 0 Å². The highest BCUT2D eigenvalue weighted by Gasteiger charge is 2.09. The molecule has 0 aliphatic carbocycles. The van der Waals surface area contributed by atoms with E-state index in [0.29, 0.717) is 0 Å². The summed E-state index contributed by atoms with van der Waals surface area (Å²) >= 11 is 0. The van der Waals surface area contributed by atoms with Gasteiger partial charge in [-0.2, -0.15) is 5.26 Å². The molecule has 0 aliphatic heterocycles. The van der Waals surface area contributed by atoms with E-state index in [1.165, 1.54) is 0 Å². The van der Waals surface area contributed by atoms with Gasteiger partial charge in [-0.25, -0.2) is 0 Å². The summed E-state index contributed by atoms with van der Waals surface area (Å²) in [6.45, 7) is 5.11. The second-order valence-electron chi connectivity index (χ2n) is 4.42. The molecule has 0 N–H and O–H groups in total. The molecule has 17 heavy (non-hydrogen) atoms. The van der Waals surface area contributed by atoms with Crippen molar-refractivity contribution in [1.82, 2.24) is 4.90 Å². The molecule has 3 nitrogen and oxygen atoms in total. The molecule has 0 saturated heterocycles. The van der Waals surface area contributed by atoms with Crippen LogP contribution in [0.1, 0.15) is 18.9 Å². The highest BCUT2D eigenvalue weighted by atomic mass is 15.2. The van der Waals surface area contributed by atoms with Crippen LogP contribution < -0.4 is 4.90 Å². The van der Waals surface area contributed by atoms with Crippen molar-refractivity contribution in [3.8, 4) is 6.07 Å². The lowest BCUT2D eigenvalue weighted by molar-refractivity contribution is 0.413. The van der Waals surface area contributed by atoms with Crippen molar-refractivity contribution >= 4 is 5.69 Å². The summed E-state index contributed by atoms with van der Waals surface area (Å²) < 4.78 is 0. The Morgan fingerprint density at radius 1 is 1.12 bits per heavy atom. The fourth-order valence-corrected chi connectivity index (χ4v) is 1.79. The van der Waals surface area contributed by atoms with Crippen LogP contribution in [0.4, 0.5) is 5.69 Å². The Labute approximate surface area is 104 Å². The zero-order valence-corrected chi connectivity index (χ0v) is 11.0. The molecule has 0 fully saturated rings. The molecule has 0 amide bonds. The van der Waals surface area contributed by atoms with Gasteiger partial charge in [-0.05, 0) is 32.6 Å². The van der Waals surface area contributed by atoms with Gasteiger partial charge in [0.15, 0.2) is 0 Å². The molecule has 0 spiro atoms. The van der Waals surface area contributed by atoms with Crippen LogP contribution in [0.2, 0.25) is 0 Å². The molecule has 0 aliphatic rings. The summed E-state index contributed by atoms with van der Waals surface area (Å²) in [4.78, 5) is 4.45. The Bertz CT molecular complexity index is 379. The van der Waals surface area contributed by atoms with E-state index >= 15 is 0 Å². The third-order valence-corrected chi connectivity index (χ3v) is 2.68. The number of likely N-dealkylation sites (N-methyl/N-ethyl adjacent to an activating group) is 1. The molecule has 92 valence electrons. The lowest BCUT2D eigenvalue weighted by Crippen LogP contribution is -2.32. The highest BCUT2D eigenvalue weighted by molar-refractivity contribution is 5.59. The molecule has 0 heterocycles. The molecule has 0 radical (unpaired) electrons. The number of nitriles is 1. The van der Waals surface area contributed by atoms with Gasteiger partial charge in [-0.1, -0.05) is 19.1 Å². The minimum atomic E-state index is 0.764. The van der Waals surface area contributed by atoms with Gasteiger partial charge in [0.25, 0.3) is 0 Å². The smallest absolute Gasteiger partial charge is 0.101 e. The maximum atomic E-state index is 9.13. The Morgan fingerprint density at radius 3 is 2.41 bits per heavy atom. The molecular weight excluding hydrogens is 210 g/mol. The fourth-order valence-electron chi connectivity index (χ4n) is 1.79. The summed E-state index contributed by atoms with van der Waals surface area (Å²) in [7, 11) is 4.14. The van der Waals surface area contributed by atoms with Crippen LogP contribution in [-0.4, -0.2) is 38.6 Å². The number of anilines is 1. The minimum Gasteiger partial charge on any atom is -0.369 e. The van der Waals surface area contributed by atoms with Crippen molar-refractivity contribution in [3.05, 3.63) is 29.8 Å². The number of hydrogen-bond acceptors (Lipinski definition) is 3. The number of benzene rings is 1. The molecular formula is C14H21N3. The van der Waals surface area contributed by atoms with Crippen molar-refractivity contribution in [2.75, 3.05) is 38.6 Å². The summed E-state index contributed by atoms with van der Waals surface area (Å²) in [5.41, 5.74) is 1.82. The third kappa shape index (κ3) is 4.08. The van der Waals surface area contributed by atoms with E-state index in [9.17, 15) is 0 Å². The largest absolute Gasteiger partial charge is 0.369 e. The van der Waals surface area contributed by atoms with E-state index in [0.717, 1.165) is 37.3 Å². The molecule has 3 heteroatoms. The van der Waals surface area contributed by atoms with Gasteiger partial charge >= 0.3 is 0 Å². The zero-order valence-electron chi connectivity index (χ0n) is 11.0. The fraction of sp³-hybridized carbons (Fsp3) is 0.500. The molecule has 0 unspecified atom stereocenters. The van der Waals surface area contributed by atoms with E-state index in [1.807, 2.05) is 24.3 Å². The third-order valence-electron chi connectivity index (χ3n) is 2.68. The van der Waals surface area contributed by atoms with Gasteiger partial charge in [0.05, 0.1) is 11.3 Å². The molecule has 0 bridgehead atoms. The first kappa shape index (κ1) is 13.5. The monoisotopic (exact) mass is 231 g/mol. The lowest BCUT2D eigenvalue weighted by Gasteiger charge is -2.26. The number of nitrogens with zero attached hydrogens (tertiary/aromatic N) is 3. The topological polar surface area (TPSA) is 30.3 Å². The van der Waals surface area contributed by atoms with Crippen LogP contribution in [0, 0.1) is 11.3 Å². The van der Waals surface area contributed by atoms with Crippen molar-refractivity contribution < 1.29 is 0 Å². The van der Waals surface area contributed by atoms with Crippen LogP contribution in [0.15, 0.2) is 24.3 Å². The summed E-state index contributed by atoms with van der Waals surface area (Å²) in [5.74, 6) is 0. The van der Waals surface area contributed by atoms with Gasteiger partial charge in [0, 0.05) is 19.6 Å². The lowest BCUT2D eigenvalue weighted by atomic mass is 10.1. The highest BCUT2D eigenvalue weighted by Crippen LogP contribution is 2.19. The van der Waals surface area contributed by atoms with E-state index in [4.69, 9.17) is 5.26 Å². The summed E-state index contributed by atoms with van der Waals surface area (Å²) in [6, 6.07) is 10.1. The second-order valence-corrected chi connectivity index (χ2v) is 4.42. The molecule has 0 saturated carbocycles. The predicted molar refractivity (Wildman–Crippen MR) is 72.2 cm³/mol. The van der Waals surface area contributed by atoms with Crippen LogP contribution in [0.25, 0.3) is 0 Å². The van der Waals surface area contributed by atoms with Gasteiger partial charge in [-0.3, -0.25) is 0 Å². The average Bonchev–Trinajstić information content (AvgIpc) is 2.34. The van der Waals surface area contributed by atoms with Crippen LogP contribution in [0.3, 0.4) is 0 Å². The van der Waals surface area contributed by atoms with Crippen LogP contribution in [0.5, 0.6) is 0 Å².